The normalized spacial score (nSPS) is 29.9. The first kappa shape index (κ1) is 47.9. The molecule has 16 heteroatoms. The summed E-state index contributed by atoms with van der Waals surface area (Å²) < 4.78 is 22.6. The zero-order valence-corrected chi connectivity index (χ0v) is 41.4. The minimum absolute atomic E-state index is 0.00459. The second-order valence-corrected chi connectivity index (χ2v) is 21.2. The lowest BCUT2D eigenvalue weighted by Crippen LogP contribution is -2.55. The zero-order chi connectivity index (χ0) is 48.8. The first-order valence-corrected chi connectivity index (χ1v) is 25.8. The number of benzene rings is 2. The molecule has 2 aromatic heterocycles. The average molecular weight is 959 g/mol. The third-order valence-electron chi connectivity index (χ3n) is 16.2. The number of hydrogen-bond donors (Lipinski definition) is 4. The molecule has 4 aliphatic heterocycles. The second-order valence-electron chi connectivity index (χ2n) is 21.2. The van der Waals surface area contributed by atoms with E-state index in [1.807, 2.05) is 22.2 Å². The second kappa shape index (κ2) is 20.2. The molecular weight excluding hydrogens is 889 g/mol. The minimum atomic E-state index is -0.719. The van der Waals surface area contributed by atoms with E-state index in [1.165, 1.54) is 14.2 Å². The monoisotopic (exact) mass is 959 g/mol. The van der Waals surface area contributed by atoms with Crippen LogP contribution in [0, 0.1) is 23.7 Å². The number of rotatable bonds is 13. The summed E-state index contributed by atoms with van der Waals surface area (Å²) in [5.41, 5.74) is 5.80. The van der Waals surface area contributed by atoms with Gasteiger partial charge in [0.05, 0.1) is 74.5 Å². The number of hydrogen-bond acceptors (Lipinski definition) is 10. The standard InChI is InChI=1S/C54H70N8O8/c1-29-7-21-43(61(29)51(63)47(59-53(65)67-5)39-23-31(3)69-45(25-39)37-17-18-37)49-55-27-41(57-49)35-13-9-33(10-14-35)34-11-15-36(16-12-34)42-28-56-50(58-42)44-22-8-30(2)62(44)52(64)48(60-54(66)68-6)40-24-32(4)70-46(26-40)38-19-20-38/h9-16,27-32,37-40,43-48H,7-8,17-26H2,1-6H3,(H,55,57)(H,56,58)(H,59,65)(H,60,66)/t29-,30-,31-,32-,39+,40+,43-,44-,45+,46?,47-,48-/m0/s1. The summed E-state index contributed by atoms with van der Waals surface area (Å²) >= 11 is 0. The number of carbonyl (C=O) groups excluding carboxylic acids is 4. The van der Waals surface area contributed by atoms with E-state index in [0.717, 1.165) is 109 Å². The Morgan fingerprint density at radius 1 is 0.557 bits per heavy atom. The highest BCUT2D eigenvalue weighted by molar-refractivity contribution is 5.88. The molecule has 0 spiro atoms. The highest BCUT2D eigenvalue weighted by atomic mass is 16.5. The fraction of sp³-hybridized carbons (Fsp3) is 0.593. The Bertz CT molecular complexity index is 2330. The lowest BCUT2D eigenvalue weighted by Gasteiger charge is -2.40. The molecule has 6 fully saturated rings. The van der Waals surface area contributed by atoms with E-state index in [4.69, 9.17) is 28.9 Å². The van der Waals surface area contributed by atoms with Crippen LogP contribution in [-0.2, 0) is 28.5 Å². The van der Waals surface area contributed by atoms with Gasteiger partial charge in [-0.3, -0.25) is 9.59 Å². The molecule has 4 amide bonds. The van der Waals surface area contributed by atoms with E-state index >= 15 is 0 Å². The molecule has 4 saturated heterocycles. The highest BCUT2D eigenvalue weighted by Gasteiger charge is 2.49. The van der Waals surface area contributed by atoms with Crippen molar-refractivity contribution in [2.45, 2.75) is 165 Å². The summed E-state index contributed by atoms with van der Waals surface area (Å²) in [7, 11) is 2.67. The van der Waals surface area contributed by atoms with Crippen LogP contribution < -0.4 is 10.6 Å². The van der Waals surface area contributed by atoms with E-state index in [2.05, 4.69) is 96.8 Å². The average Bonchev–Trinajstić information content (AvgIpc) is 4.21. The molecule has 70 heavy (non-hydrogen) atoms. The van der Waals surface area contributed by atoms with Gasteiger partial charge in [-0.15, -0.1) is 0 Å². The maximum atomic E-state index is 14.6. The Balaban J connectivity index is 0.802. The van der Waals surface area contributed by atoms with Crippen LogP contribution in [0.4, 0.5) is 9.59 Å². The molecule has 2 saturated carbocycles. The molecule has 0 radical (unpaired) electrons. The van der Waals surface area contributed by atoms with Crippen LogP contribution in [0.25, 0.3) is 33.6 Å². The van der Waals surface area contributed by atoms with Crippen molar-refractivity contribution in [3.05, 3.63) is 72.6 Å². The number of amides is 4. The molecule has 0 bridgehead atoms. The Morgan fingerprint density at radius 2 is 0.929 bits per heavy atom. The predicted molar refractivity (Wildman–Crippen MR) is 262 cm³/mol. The number of ether oxygens (including phenoxy) is 4. The maximum absolute atomic E-state index is 14.6. The van der Waals surface area contributed by atoms with E-state index in [0.29, 0.717) is 24.7 Å². The van der Waals surface area contributed by atoms with Crippen molar-refractivity contribution in [3.63, 3.8) is 0 Å². The number of imidazole rings is 2. The minimum Gasteiger partial charge on any atom is -0.453 e. The smallest absolute Gasteiger partial charge is 0.407 e. The Kier molecular flexibility index (Phi) is 13.8. The van der Waals surface area contributed by atoms with Gasteiger partial charge in [0.2, 0.25) is 11.8 Å². The Hall–Kier alpha value is -5.74. The van der Waals surface area contributed by atoms with Crippen molar-refractivity contribution in [2.75, 3.05) is 14.2 Å². The highest BCUT2D eigenvalue weighted by Crippen LogP contribution is 2.45. The maximum Gasteiger partial charge on any atom is 0.407 e. The Morgan fingerprint density at radius 3 is 1.29 bits per heavy atom. The fourth-order valence-corrected chi connectivity index (χ4v) is 12.2. The molecule has 16 nitrogen and oxygen atoms in total. The van der Waals surface area contributed by atoms with Gasteiger partial charge in [0.15, 0.2) is 0 Å². The molecule has 4 N–H and O–H groups in total. The van der Waals surface area contributed by atoms with Crippen LogP contribution >= 0.6 is 0 Å². The third-order valence-corrected chi connectivity index (χ3v) is 16.2. The van der Waals surface area contributed by atoms with Gasteiger partial charge in [0.25, 0.3) is 0 Å². The molecule has 374 valence electrons. The summed E-state index contributed by atoms with van der Waals surface area (Å²) in [6.07, 6.45) is 13.3. The van der Waals surface area contributed by atoms with Gasteiger partial charge in [-0.05, 0) is 151 Å². The largest absolute Gasteiger partial charge is 0.453 e. The summed E-state index contributed by atoms with van der Waals surface area (Å²) in [6, 6.07) is 14.7. The van der Waals surface area contributed by atoms with Crippen molar-refractivity contribution in [2.24, 2.45) is 23.7 Å². The quantitative estimate of drug-likeness (QED) is 0.101. The molecule has 6 aliphatic rings. The number of nitrogens with zero attached hydrogens (tertiary/aromatic N) is 4. The molecule has 4 aromatic rings. The molecule has 2 aromatic carbocycles. The topological polar surface area (TPSA) is 193 Å². The van der Waals surface area contributed by atoms with Crippen LogP contribution in [0.15, 0.2) is 60.9 Å². The van der Waals surface area contributed by atoms with Gasteiger partial charge < -0.3 is 49.3 Å². The number of alkyl carbamates (subject to hydrolysis) is 2. The van der Waals surface area contributed by atoms with Crippen LogP contribution in [0.5, 0.6) is 0 Å². The number of aromatic nitrogens is 4. The summed E-state index contributed by atoms with van der Waals surface area (Å²) in [5.74, 6) is 2.21. The van der Waals surface area contributed by atoms with Crippen LogP contribution in [-0.4, -0.2) is 117 Å². The van der Waals surface area contributed by atoms with Gasteiger partial charge in [-0.25, -0.2) is 19.6 Å². The number of methoxy groups -OCH3 is 2. The van der Waals surface area contributed by atoms with Crippen molar-refractivity contribution in [1.29, 1.82) is 0 Å². The summed E-state index contributed by atoms with van der Waals surface area (Å²) in [6.45, 7) is 8.27. The number of carbonyl (C=O) groups is 4. The van der Waals surface area contributed by atoms with E-state index < -0.39 is 24.3 Å². The van der Waals surface area contributed by atoms with Gasteiger partial charge >= 0.3 is 12.2 Å². The number of likely N-dealkylation sites (tertiary alicyclic amines) is 2. The number of H-pyrrole nitrogens is 2. The SMILES string of the molecule is COC(=O)N[C@H](C(=O)N1[C@@H](C)CC[C@H]1c1ncc(-c2ccc(-c3ccc(-c4cnc([C@@H]5CC[C@H](C)N5C(=O)[C@@H](NC(=O)OC)[C@H]5CC(C6CC6)O[C@@H](C)C5)[nH]4)cc3)cc2)[nH]1)[C@@H]1C[C@H](C)O[C@@H](C2CC2)C1. The van der Waals surface area contributed by atoms with Crippen molar-refractivity contribution >= 4 is 24.0 Å². The molecular formula is C54H70N8O8. The fourth-order valence-electron chi connectivity index (χ4n) is 12.2. The molecule has 10 rings (SSSR count). The molecule has 6 heterocycles. The van der Waals surface area contributed by atoms with E-state index in [9.17, 15) is 19.2 Å². The predicted octanol–water partition coefficient (Wildman–Crippen LogP) is 8.87. The summed E-state index contributed by atoms with van der Waals surface area (Å²) in [5, 5.41) is 5.87. The zero-order valence-electron chi connectivity index (χ0n) is 41.4. The Labute approximate surface area is 410 Å². The van der Waals surface area contributed by atoms with E-state index in [-0.39, 0.29) is 72.2 Å². The van der Waals surface area contributed by atoms with Gasteiger partial charge in [-0.1, -0.05) is 48.5 Å². The first-order valence-electron chi connectivity index (χ1n) is 25.8. The number of aromatic amines is 2. The van der Waals surface area contributed by atoms with Crippen LogP contribution in [0.1, 0.15) is 128 Å². The molecule has 12 atom stereocenters. The first-order chi connectivity index (χ1) is 33.8. The third kappa shape index (κ3) is 10.1. The van der Waals surface area contributed by atoms with Crippen molar-refractivity contribution in [1.82, 2.24) is 40.4 Å². The lowest BCUT2D eigenvalue weighted by molar-refractivity contribution is -0.142. The van der Waals surface area contributed by atoms with Gasteiger partial charge in [-0.2, -0.15) is 0 Å². The van der Waals surface area contributed by atoms with E-state index in [1.54, 1.807) is 0 Å². The number of nitrogens with one attached hydrogen (secondary N) is 4. The van der Waals surface area contributed by atoms with Crippen LogP contribution in [0.2, 0.25) is 0 Å². The summed E-state index contributed by atoms with van der Waals surface area (Å²) in [4.78, 5) is 75.2. The van der Waals surface area contributed by atoms with Crippen LogP contribution in [0.3, 0.4) is 0 Å². The van der Waals surface area contributed by atoms with Crippen molar-refractivity contribution in [3.8, 4) is 33.6 Å². The van der Waals surface area contributed by atoms with Gasteiger partial charge in [0.1, 0.15) is 23.7 Å². The lowest BCUT2D eigenvalue weighted by atomic mass is 9.83. The van der Waals surface area contributed by atoms with Gasteiger partial charge in [0, 0.05) is 12.1 Å². The molecule has 2 aliphatic carbocycles. The van der Waals surface area contributed by atoms with Crippen molar-refractivity contribution < 1.29 is 38.1 Å². The molecule has 1 unspecified atom stereocenters.